The van der Waals surface area contributed by atoms with Gasteiger partial charge in [0.2, 0.25) is 0 Å². The molecule has 0 amide bonds. The van der Waals surface area contributed by atoms with E-state index in [1.165, 1.54) is 36.5 Å². The summed E-state index contributed by atoms with van der Waals surface area (Å²) in [6, 6.07) is 6.98. The number of fused-ring (bicyclic) bond motifs is 1. The first-order valence-electron chi connectivity index (χ1n) is 6.75. The highest BCUT2D eigenvalue weighted by molar-refractivity contribution is 7.90. The zero-order valence-corrected chi connectivity index (χ0v) is 12.9. The molecular formula is C14H13N3O5S. The van der Waals surface area contributed by atoms with Crippen molar-refractivity contribution in [1.82, 2.24) is 13.9 Å². The number of ether oxygens (including phenoxy) is 1. The van der Waals surface area contributed by atoms with Crippen LogP contribution in [0.1, 0.15) is 17.4 Å². The van der Waals surface area contributed by atoms with Gasteiger partial charge in [0.15, 0.2) is 0 Å². The number of imidazole rings is 1. The van der Waals surface area contributed by atoms with E-state index >= 15 is 0 Å². The molecular weight excluding hydrogens is 322 g/mol. The Morgan fingerprint density at radius 1 is 1.22 bits per heavy atom. The van der Waals surface area contributed by atoms with E-state index in [0.29, 0.717) is 11.0 Å². The molecule has 0 saturated heterocycles. The van der Waals surface area contributed by atoms with Crippen molar-refractivity contribution in [1.29, 1.82) is 0 Å². The van der Waals surface area contributed by atoms with Gasteiger partial charge in [0, 0.05) is 6.20 Å². The van der Waals surface area contributed by atoms with Crippen LogP contribution in [0.25, 0.3) is 11.0 Å². The minimum absolute atomic E-state index is 0.0537. The summed E-state index contributed by atoms with van der Waals surface area (Å²) >= 11 is 0. The van der Waals surface area contributed by atoms with Gasteiger partial charge >= 0.3 is 11.7 Å². The summed E-state index contributed by atoms with van der Waals surface area (Å²) in [5.74, 6) is -0.725. The van der Waals surface area contributed by atoms with Crippen LogP contribution in [0.15, 0.2) is 46.2 Å². The Labute approximate surface area is 130 Å². The molecule has 9 heteroatoms. The second-order valence-corrected chi connectivity index (χ2v) is 6.52. The zero-order chi connectivity index (χ0) is 16.6. The fourth-order valence-electron chi connectivity index (χ4n) is 2.22. The van der Waals surface area contributed by atoms with Crippen molar-refractivity contribution in [3.63, 3.8) is 0 Å². The van der Waals surface area contributed by atoms with Crippen molar-refractivity contribution >= 4 is 27.0 Å². The highest BCUT2D eigenvalue weighted by atomic mass is 32.2. The predicted octanol–water partition coefficient (Wildman–Crippen LogP) is 1.07. The molecule has 1 aromatic carbocycles. The molecule has 3 rings (SSSR count). The Bertz CT molecular complexity index is 1040. The minimum Gasteiger partial charge on any atom is -0.461 e. The Balaban J connectivity index is 2.12. The standard InChI is InChI=1S/C14H13N3O5S/c1-2-22-13(18)12-4-3-7-17(12)23(20,21)9-5-6-10-11(8-9)16-14(19)15-10/h3-8H,2H2,1H3,(H2,15,16,19). The molecule has 0 aliphatic rings. The Morgan fingerprint density at radius 3 is 2.70 bits per heavy atom. The largest absolute Gasteiger partial charge is 0.461 e. The average Bonchev–Trinajstić information content (AvgIpc) is 3.12. The maximum absolute atomic E-state index is 12.7. The van der Waals surface area contributed by atoms with E-state index in [-0.39, 0.29) is 17.2 Å². The van der Waals surface area contributed by atoms with Crippen LogP contribution < -0.4 is 5.69 Å². The molecule has 0 fully saturated rings. The molecule has 0 aliphatic carbocycles. The molecule has 23 heavy (non-hydrogen) atoms. The molecule has 2 N–H and O–H groups in total. The summed E-state index contributed by atoms with van der Waals surface area (Å²) in [5, 5.41) is 0. The molecule has 2 heterocycles. The van der Waals surface area contributed by atoms with Gasteiger partial charge < -0.3 is 14.7 Å². The number of hydrogen-bond donors (Lipinski definition) is 2. The van der Waals surface area contributed by atoms with E-state index in [9.17, 15) is 18.0 Å². The van der Waals surface area contributed by atoms with Crippen molar-refractivity contribution in [2.75, 3.05) is 6.61 Å². The molecule has 0 atom stereocenters. The summed E-state index contributed by atoms with van der Waals surface area (Å²) in [5.41, 5.74) is 0.338. The first-order valence-corrected chi connectivity index (χ1v) is 8.19. The summed E-state index contributed by atoms with van der Waals surface area (Å²) in [6.45, 7) is 1.77. The van der Waals surface area contributed by atoms with Crippen LogP contribution in [-0.4, -0.2) is 34.9 Å². The number of esters is 1. The number of carbonyl (C=O) groups is 1. The Morgan fingerprint density at radius 2 is 1.96 bits per heavy atom. The van der Waals surface area contributed by atoms with Crippen LogP contribution in [0.2, 0.25) is 0 Å². The number of hydrogen-bond acceptors (Lipinski definition) is 5. The number of nitrogens with zero attached hydrogens (tertiary/aromatic N) is 1. The molecule has 0 spiro atoms. The highest BCUT2D eigenvalue weighted by Crippen LogP contribution is 2.20. The third kappa shape index (κ3) is 2.55. The fourth-order valence-corrected chi connectivity index (χ4v) is 3.58. The van der Waals surface area contributed by atoms with Crippen LogP contribution >= 0.6 is 0 Å². The van der Waals surface area contributed by atoms with Gasteiger partial charge in [-0.2, -0.15) is 0 Å². The normalized spacial score (nSPS) is 11.7. The number of nitrogens with one attached hydrogen (secondary N) is 2. The molecule has 0 unspecified atom stereocenters. The second kappa shape index (κ2) is 5.43. The number of H-pyrrole nitrogens is 2. The van der Waals surface area contributed by atoms with E-state index in [1.807, 2.05) is 0 Å². The third-order valence-electron chi connectivity index (χ3n) is 3.24. The smallest absolute Gasteiger partial charge is 0.355 e. The lowest BCUT2D eigenvalue weighted by Gasteiger charge is -2.10. The lowest BCUT2D eigenvalue weighted by molar-refractivity contribution is 0.0518. The number of aromatic nitrogens is 3. The van der Waals surface area contributed by atoms with Crippen LogP contribution in [0.5, 0.6) is 0 Å². The maximum Gasteiger partial charge on any atom is 0.355 e. The Kier molecular flexibility index (Phi) is 3.57. The monoisotopic (exact) mass is 335 g/mol. The van der Waals surface area contributed by atoms with Gasteiger partial charge in [0.25, 0.3) is 10.0 Å². The summed E-state index contributed by atoms with van der Waals surface area (Å²) in [6.07, 6.45) is 1.27. The van der Waals surface area contributed by atoms with Crippen LogP contribution in [-0.2, 0) is 14.8 Å². The SMILES string of the molecule is CCOC(=O)c1cccn1S(=O)(=O)c1ccc2[nH]c(=O)[nH]c2c1. The summed E-state index contributed by atoms with van der Waals surface area (Å²) in [7, 11) is -3.99. The quantitative estimate of drug-likeness (QED) is 0.692. The third-order valence-corrected chi connectivity index (χ3v) is 4.93. The summed E-state index contributed by atoms with van der Waals surface area (Å²) in [4.78, 5) is 28.1. The van der Waals surface area contributed by atoms with Crippen molar-refractivity contribution in [2.45, 2.75) is 11.8 Å². The van der Waals surface area contributed by atoms with Gasteiger partial charge in [-0.05, 0) is 37.3 Å². The maximum atomic E-state index is 12.7. The minimum atomic E-state index is -3.99. The van der Waals surface area contributed by atoms with Crippen molar-refractivity contribution in [3.05, 3.63) is 52.7 Å². The lowest BCUT2D eigenvalue weighted by Crippen LogP contribution is -2.19. The first-order chi connectivity index (χ1) is 10.9. The van der Waals surface area contributed by atoms with E-state index in [4.69, 9.17) is 4.74 Å². The molecule has 120 valence electrons. The van der Waals surface area contributed by atoms with E-state index < -0.39 is 21.7 Å². The molecule has 8 nitrogen and oxygen atoms in total. The molecule has 0 bridgehead atoms. The number of carbonyl (C=O) groups excluding carboxylic acids is 1. The predicted molar refractivity (Wildman–Crippen MR) is 81.9 cm³/mol. The van der Waals surface area contributed by atoms with Crippen molar-refractivity contribution in [2.24, 2.45) is 0 Å². The van der Waals surface area contributed by atoms with Crippen molar-refractivity contribution < 1.29 is 17.9 Å². The zero-order valence-electron chi connectivity index (χ0n) is 12.1. The topological polar surface area (TPSA) is 114 Å². The molecule has 2 aromatic heterocycles. The van der Waals surface area contributed by atoms with Gasteiger partial charge in [-0.15, -0.1) is 0 Å². The molecule has 0 aliphatic heterocycles. The first kappa shape index (κ1) is 15.1. The van der Waals surface area contributed by atoms with Gasteiger partial charge in [-0.1, -0.05) is 0 Å². The van der Waals surface area contributed by atoms with Gasteiger partial charge in [-0.3, -0.25) is 0 Å². The van der Waals surface area contributed by atoms with E-state index in [2.05, 4.69) is 9.97 Å². The average molecular weight is 335 g/mol. The number of aromatic amines is 2. The molecule has 0 saturated carbocycles. The number of benzene rings is 1. The van der Waals surface area contributed by atoms with Crippen LogP contribution in [0.4, 0.5) is 0 Å². The van der Waals surface area contributed by atoms with Crippen LogP contribution in [0.3, 0.4) is 0 Å². The molecule has 3 aromatic rings. The van der Waals surface area contributed by atoms with Gasteiger partial charge in [0.1, 0.15) is 5.69 Å². The lowest BCUT2D eigenvalue weighted by atomic mass is 10.3. The summed E-state index contributed by atoms with van der Waals surface area (Å²) < 4.78 is 31.2. The number of rotatable bonds is 4. The highest BCUT2D eigenvalue weighted by Gasteiger charge is 2.23. The van der Waals surface area contributed by atoms with Gasteiger partial charge in [-0.25, -0.2) is 22.0 Å². The van der Waals surface area contributed by atoms with Crippen molar-refractivity contribution in [3.8, 4) is 0 Å². The fraction of sp³-hybridized carbons (Fsp3) is 0.143. The Hall–Kier alpha value is -2.81. The van der Waals surface area contributed by atoms with Crippen LogP contribution in [0, 0.1) is 0 Å². The molecule has 0 radical (unpaired) electrons. The van der Waals surface area contributed by atoms with Gasteiger partial charge in [0.05, 0.1) is 22.5 Å². The second-order valence-electron chi connectivity index (χ2n) is 4.70. The van der Waals surface area contributed by atoms with E-state index in [0.717, 1.165) is 3.97 Å². The van der Waals surface area contributed by atoms with E-state index in [1.54, 1.807) is 6.92 Å².